The highest BCUT2D eigenvalue weighted by Crippen LogP contribution is 2.29. The Morgan fingerprint density at radius 2 is 1.88 bits per heavy atom. The van der Waals surface area contributed by atoms with Crippen molar-refractivity contribution in [1.29, 1.82) is 0 Å². The first-order chi connectivity index (χ1) is 11.8. The molecule has 3 heterocycles. The van der Waals surface area contributed by atoms with Crippen molar-refractivity contribution >= 4 is 17.8 Å². The Morgan fingerprint density at radius 1 is 1.20 bits per heavy atom. The number of hydrogen-bond donors (Lipinski definition) is 0. The second kappa shape index (κ2) is 6.61. The first-order valence-electron chi connectivity index (χ1n) is 8.84. The Bertz CT molecular complexity index is 645. The lowest BCUT2D eigenvalue weighted by atomic mass is 9.90. The van der Waals surface area contributed by atoms with Crippen molar-refractivity contribution < 1.29 is 14.3 Å². The normalized spacial score (nSPS) is 22.2. The number of hydrogen-bond acceptors (Lipinski definition) is 5. The molecule has 2 saturated heterocycles. The lowest BCUT2D eigenvalue weighted by Crippen LogP contribution is -2.43. The van der Waals surface area contributed by atoms with Gasteiger partial charge in [0.2, 0.25) is 5.91 Å². The molecule has 25 heavy (non-hydrogen) atoms. The maximum absolute atomic E-state index is 12.4. The van der Waals surface area contributed by atoms with Crippen molar-refractivity contribution in [3.8, 4) is 0 Å². The van der Waals surface area contributed by atoms with E-state index in [0.29, 0.717) is 18.3 Å². The highest BCUT2D eigenvalue weighted by atomic mass is 16.6. The van der Waals surface area contributed by atoms with Crippen LogP contribution in [-0.2, 0) is 9.53 Å². The van der Waals surface area contributed by atoms with Crippen LogP contribution >= 0.6 is 0 Å². The summed E-state index contributed by atoms with van der Waals surface area (Å²) in [6, 6.07) is -0.0284. The fourth-order valence-corrected chi connectivity index (χ4v) is 3.35. The van der Waals surface area contributed by atoms with E-state index in [1.807, 2.05) is 32.6 Å². The molecule has 3 rings (SSSR count). The van der Waals surface area contributed by atoms with E-state index in [4.69, 9.17) is 4.74 Å². The molecule has 0 unspecified atom stereocenters. The van der Waals surface area contributed by atoms with Crippen LogP contribution in [-0.4, -0.2) is 52.6 Å². The summed E-state index contributed by atoms with van der Waals surface area (Å²) in [7, 11) is 0. The average molecular weight is 346 g/mol. The SMILES string of the molecule is C[C@@H]1COC(=O)N1c1cnc(C2CCN(C(=O)C(C)(C)C)CC2)cn1. The molecular formula is C18H26N4O3. The number of likely N-dealkylation sites (tertiary alicyclic amines) is 1. The first kappa shape index (κ1) is 17.6. The summed E-state index contributed by atoms with van der Waals surface area (Å²) in [5, 5.41) is 0. The minimum Gasteiger partial charge on any atom is -0.447 e. The molecule has 1 aromatic heterocycles. The zero-order chi connectivity index (χ0) is 18.2. The number of carbonyl (C=O) groups excluding carboxylic acids is 2. The molecule has 2 fully saturated rings. The van der Waals surface area contributed by atoms with Gasteiger partial charge in [-0.15, -0.1) is 0 Å². The monoisotopic (exact) mass is 346 g/mol. The zero-order valence-electron chi connectivity index (χ0n) is 15.4. The number of amides is 2. The van der Waals surface area contributed by atoms with E-state index in [-0.39, 0.29) is 23.5 Å². The minimum atomic E-state index is -0.372. The molecule has 136 valence electrons. The summed E-state index contributed by atoms with van der Waals surface area (Å²) < 4.78 is 5.02. The largest absolute Gasteiger partial charge is 0.447 e. The van der Waals surface area contributed by atoms with Gasteiger partial charge >= 0.3 is 6.09 Å². The van der Waals surface area contributed by atoms with E-state index >= 15 is 0 Å². The summed E-state index contributed by atoms with van der Waals surface area (Å²) in [4.78, 5) is 36.5. The van der Waals surface area contributed by atoms with E-state index < -0.39 is 0 Å². The molecule has 0 saturated carbocycles. The van der Waals surface area contributed by atoms with Crippen LogP contribution in [0, 0.1) is 5.41 Å². The maximum atomic E-state index is 12.4. The molecule has 0 radical (unpaired) electrons. The van der Waals surface area contributed by atoms with Gasteiger partial charge in [0.05, 0.1) is 24.1 Å². The van der Waals surface area contributed by atoms with Crippen molar-refractivity contribution in [2.24, 2.45) is 5.41 Å². The molecule has 0 spiro atoms. The van der Waals surface area contributed by atoms with Gasteiger partial charge in [-0.25, -0.2) is 9.78 Å². The summed E-state index contributed by atoms with van der Waals surface area (Å²) >= 11 is 0. The van der Waals surface area contributed by atoms with Gasteiger partial charge in [0.1, 0.15) is 6.61 Å². The van der Waals surface area contributed by atoms with Crippen LogP contribution in [0.3, 0.4) is 0 Å². The minimum absolute atomic E-state index is 0.0284. The highest BCUT2D eigenvalue weighted by molar-refractivity contribution is 5.88. The quantitative estimate of drug-likeness (QED) is 0.823. The molecule has 2 amide bonds. The third-order valence-electron chi connectivity index (χ3n) is 4.83. The smallest absolute Gasteiger partial charge is 0.415 e. The Balaban J connectivity index is 1.63. The Hall–Kier alpha value is -2.18. The van der Waals surface area contributed by atoms with E-state index in [1.165, 1.54) is 4.90 Å². The van der Waals surface area contributed by atoms with E-state index in [1.54, 1.807) is 12.4 Å². The number of nitrogens with zero attached hydrogens (tertiary/aromatic N) is 4. The molecule has 1 aromatic rings. The van der Waals surface area contributed by atoms with Gasteiger partial charge in [-0.2, -0.15) is 0 Å². The van der Waals surface area contributed by atoms with Crippen LogP contribution in [0.25, 0.3) is 0 Å². The van der Waals surface area contributed by atoms with Crippen molar-refractivity contribution in [3.63, 3.8) is 0 Å². The highest BCUT2D eigenvalue weighted by Gasteiger charge is 2.33. The molecular weight excluding hydrogens is 320 g/mol. The van der Waals surface area contributed by atoms with Crippen LogP contribution in [0.4, 0.5) is 10.6 Å². The van der Waals surface area contributed by atoms with Crippen LogP contribution < -0.4 is 4.90 Å². The van der Waals surface area contributed by atoms with Gasteiger partial charge in [-0.3, -0.25) is 14.7 Å². The lowest BCUT2D eigenvalue weighted by Gasteiger charge is -2.35. The van der Waals surface area contributed by atoms with Crippen molar-refractivity contribution in [3.05, 3.63) is 18.1 Å². The third-order valence-corrected chi connectivity index (χ3v) is 4.83. The van der Waals surface area contributed by atoms with Gasteiger partial charge in [-0.05, 0) is 19.8 Å². The van der Waals surface area contributed by atoms with Gasteiger partial charge in [-0.1, -0.05) is 20.8 Å². The molecule has 2 aliphatic rings. The number of ether oxygens (including phenoxy) is 1. The summed E-state index contributed by atoms with van der Waals surface area (Å²) in [5.74, 6) is 1.03. The topological polar surface area (TPSA) is 75.6 Å². The lowest BCUT2D eigenvalue weighted by molar-refractivity contribution is -0.140. The summed E-state index contributed by atoms with van der Waals surface area (Å²) in [6.07, 6.45) is 4.80. The van der Waals surface area contributed by atoms with Gasteiger partial charge < -0.3 is 9.64 Å². The zero-order valence-corrected chi connectivity index (χ0v) is 15.4. The number of cyclic esters (lactones) is 1. The van der Waals surface area contributed by atoms with E-state index in [9.17, 15) is 9.59 Å². The summed E-state index contributed by atoms with van der Waals surface area (Å²) in [5.41, 5.74) is 0.585. The Kier molecular flexibility index (Phi) is 4.67. The molecule has 2 aliphatic heterocycles. The van der Waals surface area contributed by atoms with Crippen LogP contribution in [0.5, 0.6) is 0 Å². The standard InChI is InChI=1S/C18H26N4O3/c1-12-11-25-17(24)22(12)15-10-19-14(9-20-15)13-5-7-21(8-6-13)16(23)18(2,3)4/h9-10,12-13H,5-8,11H2,1-4H3/t12-/m1/s1. The average Bonchev–Trinajstić information content (AvgIpc) is 2.92. The number of anilines is 1. The van der Waals surface area contributed by atoms with Gasteiger partial charge in [0.25, 0.3) is 0 Å². The van der Waals surface area contributed by atoms with E-state index in [0.717, 1.165) is 31.6 Å². The van der Waals surface area contributed by atoms with Crippen LogP contribution in [0.15, 0.2) is 12.4 Å². The Morgan fingerprint density at radius 3 is 2.36 bits per heavy atom. The van der Waals surface area contributed by atoms with Crippen molar-refractivity contribution in [2.45, 2.75) is 52.5 Å². The first-order valence-corrected chi connectivity index (χ1v) is 8.84. The van der Waals surface area contributed by atoms with Crippen LogP contribution in [0.2, 0.25) is 0 Å². The second-order valence-electron chi connectivity index (χ2n) is 7.91. The predicted molar refractivity (Wildman–Crippen MR) is 93.3 cm³/mol. The predicted octanol–water partition coefficient (Wildman–Crippen LogP) is 2.57. The number of rotatable bonds is 2. The Labute approximate surface area is 148 Å². The molecule has 7 nitrogen and oxygen atoms in total. The molecule has 0 bridgehead atoms. The number of aromatic nitrogens is 2. The third kappa shape index (κ3) is 3.60. The molecule has 7 heteroatoms. The molecule has 1 atom stereocenters. The number of piperidine rings is 1. The fraction of sp³-hybridized carbons (Fsp3) is 0.667. The molecule has 0 aliphatic carbocycles. The summed E-state index contributed by atoms with van der Waals surface area (Å²) in [6.45, 7) is 9.66. The fourth-order valence-electron chi connectivity index (χ4n) is 3.35. The maximum Gasteiger partial charge on any atom is 0.415 e. The molecule has 0 N–H and O–H groups in total. The van der Waals surface area contributed by atoms with Crippen molar-refractivity contribution in [1.82, 2.24) is 14.9 Å². The second-order valence-corrected chi connectivity index (χ2v) is 7.91. The van der Waals surface area contributed by atoms with Gasteiger partial charge in [0.15, 0.2) is 5.82 Å². The van der Waals surface area contributed by atoms with Crippen LogP contribution in [0.1, 0.15) is 52.1 Å². The van der Waals surface area contributed by atoms with E-state index in [2.05, 4.69) is 9.97 Å². The van der Waals surface area contributed by atoms with Gasteiger partial charge in [0, 0.05) is 24.4 Å². The number of carbonyl (C=O) groups is 2. The van der Waals surface area contributed by atoms with Crippen molar-refractivity contribution in [2.75, 3.05) is 24.6 Å². The molecule has 0 aromatic carbocycles.